The van der Waals surface area contributed by atoms with Gasteiger partial charge in [-0.1, -0.05) is 0 Å². The maximum atomic E-state index is 11.3. The molecule has 0 aliphatic heterocycles. The molecular formula is C14H22N2O2. The highest BCUT2D eigenvalue weighted by molar-refractivity contribution is 5.78. The van der Waals surface area contributed by atoms with E-state index in [1.54, 1.807) is 6.92 Å². The molecule has 1 unspecified atom stereocenters. The number of hydrogen-bond donors (Lipinski definition) is 1. The summed E-state index contributed by atoms with van der Waals surface area (Å²) in [5.41, 5.74) is 2.11. The van der Waals surface area contributed by atoms with Crippen molar-refractivity contribution in [3.8, 4) is 0 Å². The zero-order valence-electron chi connectivity index (χ0n) is 11.6. The average molecular weight is 250 g/mol. The van der Waals surface area contributed by atoms with Crippen LogP contribution in [0.5, 0.6) is 0 Å². The van der Waals surface area contributed by atoms with Gasteiger partial charge in [-0.2, -0.15) is 0 Å². The number of benzene rings is 1. The van der Waals surface area contributed by atoms with Crippen LogP contribution in [0.3, 0.4) is 0 Å². The van der Waals surface area contributed by atoms with Crippen molar-refractivity contribution in [3.05, 3.63) is 24.3 Å². The average Bonchev–Trinajstić information content (AvgIpc) is 2.41. The Hall–Kier alpha value is -1.71. The van der Waals surface area contributed by atoms with E-state index < -0.39 is 0 Å². The fourth-order valence-electron chi connectivity index (χ4n) is 1.84. The van der Waals surface area contributed by atoms with Crippen molar-refractivity contribution in [2.75, 3.05) is 30.4 Å². The fraction of sp³-hybridized carbons (Fsp3) is 0.500. The lowest BCUT2D eigenvalue weighted by atomic mass is 10.2. The molecule has 0 saturated heterocycles. The standard InChI is InChI=1S/C14H22N2O2/c1-5-16(6-2)13-9-7-12(8-10-13)15-11(3)14(17)18-4/h7-11,15H,5-6H2,1-4H3. The Morgan fingerprint density at radius 1 is 1.28 bits per heavy atom. The molecule has 0 aliphatic rings. The Morgan fingerprint density at radius 2 is 1.83 bits per heavy atom. The van der Waals surface area contributed by atoms with Crippen LogP contribution in [0.25, 0.3) is 0 Å². The van der Waals surface area contributed by atoms with E-state index in [9.17, 15) is 4.79 Å². The highest BCUT2D eigenvalue weighted by Gasteiger charge is 2.12. The van der Waals surface area contributed by atoms with Crippen LogP contribution in [0.2, 0.25) is 0 Å². The van der Waals surface area contributed by atoms with Crippen molar-refractivity contribution >= 4 is 17.3 Å². The van der Waals surface area contributed by atoms with Crippen LogP contribution in [0.1, 0.15) is 20.8 Å². The van der Waals surface area contributed by atoms with Gasteiger partial charge >= 0.3 is 5.97 Å². The van der Waals surface area contributed by atoms with E-state index in [0.29, 0.717) is 0 Å². The number of ether oxygens (including phenoxy) is 1. The van der Waals surface area contributed by atoms with Gasteiger partial charge in [0.25, 0.3) is 0 Å². The lowest BCUT2D eigenvalue weighted by Gasteiger charge is -2.21. The minimum Gasteiger partial charge on any atom is -0.467 e. The van der Waals surface area contributed by atoms with Gasteiger partial charge in [0.2, 0.25) is 0 Å². The van der Waals surface area contributed by atoms with E-state index in [1.165, 1.54) is 12.8 Å². The quantitative estimate of drug-likeness (QED) is 0.788. The molecule has 0 aromatic heterocycles. The number of nitrogens with zero attached hydrogens (tertiary/aromatic N) is 1. The fourth-order valence-corrected chi connectivity index (χ4v) is 1.84. The highest BCUT2D eigenvalue weighted by Crippen LogP contribution is 2.18. The molecule has 4 nitrogen and oxygen atoms in total. The van der Waals surface area contributed by atoms with Crippen LogP contribution in [0.4, 0.5) is 11.4 Å². The van der Waals surface area contributed by atoms with E-state index in [1.807, 2.05) is 12.1 Å². The van der Waals surface area contributed by atoms with Crippen molar-refractivity contribution in [2.45, 2.75) is 26.8 Å². The largest absolute Gasteiger partial charge is 0.467 e. The predicted molar refractivity (Wildman–Crippen MR) is 75.1 cm³/mol. The van der Waals surface area contributed by atoms with Crippen LogP contribution >= 0.6 is 0 Å². The SMILES string of the molecule is CCN(CC)c1ccc(NC(C)C(=O)OC)cc1. The summed E-state index contributed by atoms with van der Waals surface area (Å²) in [6.07, 6.45) is 0. The van der Waals surface area contributed by atoms with Gasteiger partial charge in [0.05, 0.1) is 7.11 Å². The third-order valence-electron chi connectivity index (χ3n) is 2.93. The van der Waals surface area contributed by atoms with Crippen molar-refractivity contribution in [1.29, 1.82) is 0 Å². The molecule has 1 aromatic rings. The third-order valence-corrected chi connectivity index (χ3v) is 2.93. The molecule has 0 spiro atoms. The molecule has 0 fully saturated rings. The molecule has 100 valence electrons. The first-order valence-corrected chi connectivity index (χ1v) is 6.31. The molecular weight excluding hydrogens is 228 g/mol. The summed E-state index contributed by atoms with van der Waals surface area (Å²) in [5, 5.41) is 3.10. The van der Waals surface area contributed by atoms with Crippen molar-refractivity contribution < 1.29 is 9.53 Å². The highest BCUT2D eigenvalue weighted by atomic mass is 16.5. The van der Waals surface area contributed by atoms with E-state index in [-0.39, 0.29) is 12.0 Å². The molecule has 1 atom stereocenters. The smallest absolute Gasteiger partial charge is 0.327 e. The molecule has 1 aromatic carbocycles. The Labute approximate surface area is 109 Å². The molecule has 0 aliphatic carbocycles. The number of anilines is 2. The number of carbonyl (C=O) groups is 1. The molecule has 0 saturated carbocycles. The number of hydrogen-bond acceptors (Lipinski definition) is 4. The second kappa shape index (κ2) is 6.89. The number of nitrogens with one attached hydrogen (secondary N) is 1. The van der Waals surface area contributed by atoms with Gasteiger partial charge in [-0.05, 0) is 45.0 Å². The minimum absolute atomic E-state index is 0.261. The molecule has 1 N–H and O–H groups in total. The topological polar surface area (TPSA) is 41.6 Å². The van der Waals surface area contributed by atoms with Gasteiger partial charge in [-0.25, -0.2) is 4.79 Å². The van der Waals surface area contributed by atoms with Crippen LogP contribution < -0.4 is 10.2 Å². The van der Waals surface area contributed by atoms with Gasteiger partial charge in [0, 0.05) is 24.5 Å². The Balaban J connectivity index is 2.68. The lowest BCUT2D eigenvalue weighted by molar-refractivity contribution is -0.141. The van der Waals surface area contributed by atoms with Gasteiger partial charge < -0.3 is 15.0 Å². The molecule has 0 heterocycles. The van der Waals surface area contributed by atoms with Crippen molar-refractivity contribution in [1.82, 2.24) is 0 Å². The normalized spacial score (nSPS) is 11.8. The second-order valence-electron chi connectivity index (χ2n) is 4.11. The van der Waals surface area contributed by atoms with Crippen LogP contribution in [0.15, 0.2) is 24.3 Å². The Kier molecular flexibility index (Phi) is 5.49. The molecule has 0 radical (unpaired) electrons. The van der Waals surface area contributed by atoms with Crippen LogP contribution in [0, 0.1) is 0 Å². The van der Waals surface area contributed by atoms with Crippen molar-refractivity contribution in [3.63, 3.8) is 0 Å². The maximum absolute atomic E-state index is 11.3. The minimum atomic E-state index is -0.339. The summed E-state index contributed by atoms with van der Waals surface area (Å²) in [5.74, 6) is -0.261. The Bertz CT molecular complexity index is 372. The number of esters is 1. The summed E-state index contributed by atoms with van der Waals surface area (Å²) in [4.78, 5) is 13.6. The van der Waals surface area contributed by atoms with Crippen LogP contribution in [-0.4, -0.2) is 32.2 Å². The number of carbonyl (C=O) groups excluding carboxylic acids is 1. The zero-order chi connectivity index (χ0) is 13.5. The lowest BCUT2D eigenvalue weighted by Crippen LogP contribution is -2.27. The second-order valence-corrected chi connectivity index (χ2v) is 4.11. The summed E-state index contributed by atoms with van der Waals surface area (Å²) >= 11 is 0. The molecule has 4 heteroatoms. The number of methoxy groups -OCH3 is 1. The zero-order valence-corrected chi connectivity index (χ0v) is 11.6. The van der Waals surface area contributed by atoms with E-state index >= 15 is 0 Å². The van der Waals surface area contributed by atoms with Gasteiger partial charge in [-0.3, -0.25) is 0 Å². The molecule has 0 amide bonds. The van der Waals surface area contributed by atoms with Crippen molar-refractivity contribution in [2.24, 2.45) is 0 Å². The summed E-state index contributed by atoms with van der Waals surface area (Å²) in [6, 6.07) is 7.73. The van der Waals surface area contributed by atoms with Crippen LogP contribution in [-0.2, 0) is 9.53 Å². The van der Waals surface area contributed by atoms with E-state index in [4.69, 9.17) is 0 Å². The number of rotatable bonds is 6. The predicted octanol–water partition coefficient (Wildman–Crippen LogP) is 2.51. The summed E-state index contributed by atoms with van der Waals surface area (Å²) < 4.78 is 4.67. The third kappa shape index (κ3) is 3.65. The Morgan fingerprint density at radius 3 is 2.28 bits per heavy atom. The molecule has 18 heavy (non-hydrogen) atoms. The summed E-state index contributed by atoms with van der Waals surface area (Å²) in [7, 11) is 1.39. The summed E-state index contributed by atoms with van der Waals surface area (Å²) in [6.45, 7) is 8.03. The van der Waals surface area contributed by atoms with E-state index in [0.717, 1.165) is 18.8 Å². The first kappa shape index (κ1) is 14.4. The first-order valence-electron chi connectivity index (χ1n) is 6.31. The van der Waals surface area contributed by atoms with E-state index in [2.05, 4.69) is 40.9 Å². The first-order chi connectivity index (χ1) is 8.62. The van der Waals surface area contributed by atoms with Gasteiger partial charge in [0.15, 0.2) is 0 Å². The van der Waals surface area contributed by atoms with Gasteiger partial charge in [0.1, 0.15) is 6.04 Å². The maximum Gasteiger partial charge on any atom is 0.327 e. The van der Waals surface area contributed by atoms with Gasteiger partial charge in [-0.15, -0.1) is 0 Å². The molecule has 0 bridgehead atoms. The molecule has 1 rings (SSSR count). The monoisotopic (exact) mass is 250 g/mol.